The van der Waals surface area contributed by atoms with Crippen molar-refractivity contribution in [2.45, 2.75) is 38.8 Å². The third-order valence-electron chi connectivity index (χ3n) is 5.08. The monoisotopic (exact) mass is 335 g/mol. The molecule has 0 radical (unpaired) electrons. The minimum atomic E-state index is -0.389. The highest BCUT2D eigenvalue weighted by molar-refractivity contribution is 5.82. The molecule has 0 saturated heterocycles. The Labute approximate surface area is 146 Å². The highest BCUT2D eigenvalue weighted by Crippen LogP contribution is 2.32. The van der Waals surface area contributed by atoms with E-state index in [1.165, 1.54) is 11.1 Å². The number of phenols is 1. The molecule has 4 rings (SSSR count). The number of aromatic hydroxyl groups is 1. The molecule has 1 atom stereocenters. The third kappa shape index (κ3) is 2.94. The summed E-state index contributed by atoms with van der Waals surface area (Å²) < 4.78 is 5.27. The second-order valence-electron chi connectivity index (χ2n) is 6.59. The standard InChI is InChI=1S/C21H21NO3/c1-2-13-9-17-15(10-21(24)25-20(17)11-19(13)23)12-22-18-8-7-14-5-3-4-6-16(14)18/h3-6,9-11,18,22-23H,2,7-8,12H2,1H3/t18-/m1/s1. The van der Waals surface area contributed by atoms with E-state index in [-0.39, 0.29) is 11.4 Å². The van der Waals surface area contributed by atoms with Gasteiger partial charge in [0.05, 0.1) is 0 Å². The molecule has 0 spiro atoms. The summed E-state index contributed by atoms with van der Waals surface area (Å²) in [6.07, 6.45) is 2.88. The molecule has 2 aromatic carbocycles. The van der Waals surface area contributed by atoms with E-state index in [4.69, 9.17) is 4.42 Å². The summed E-state index contributed by atoms with van der Waals surface area (Å²) in [5.74, 6) is 0.174. The van der Waals surface area contributed by atoms with Crippen LogP contribution in [0.25, 0.3) is 11.0 Å². The van der Waals surface area contributed by atoms with Crippen molar-refractivity contribution < 1.29 is 9.52 Å². The van der Waals surface area contributed by atoms with Crippen LogP contribution in [0.5, 0.6) is 5.75 Å². The molecule has 1 heterocycles. The molecule has 1 aromatic heterocycles. The predicted octanol–water partition coefficient (Wildman–Crippen LogP) is 3.84. The average Bonchev–Trinajstić information content (AvgIpc) is 3.02. The highest BCUT2D eigenvalue weighted by Gasteiger charge is 2.21. The first-order chi connectivity index (χ1) is 12.2. The molecule has 0 saturated carbocycles. The van der Waals surface area contributed by atoms with Gasteiger partial charge in [0.2, 0.25) is 0 Å². The Morgan fingerprint density at radius 3 is 2.88 bits per heavy atom. The number of rotatable bonds is 4. The molecule has 0 amide bonds. The van der Waals surface area contributed by atoms with Gasteiger partial charge in [0.1, 0.15) is 11.3 Å². The van der Waals surface area contributed by atoms with Gasteiger partial charge in [-0.05, 0) is 47.6 Å². The van der Waals surface area contributed by atoms with Gasteiger partial charge in [0.25, 0.3) is 0 Å². The normalized spacial score (nSPS) is 16.3. The summed E-state index contributed by atoms with van der Waals surface area (Å²) >= 11 is 0. The van der Waals surface area contributed by atoms with Gasteiger partial charge in [0.15, 0.2) is 0 Å². The van der Waals surface area contributed by atoms with Gasteiger partial charge >= 0.3 is 5.63 Å². The number of aryl methyl sites for hydroxylation is 2. The number of phenolic OH excluding ortho intramolecular Hbond substituents is 1. The Bertz CT molecular complexity index is 990. The fourth-order valence-corrected chi connectivity index (χ4v) is 3.74. The molecule has 0 unspecified atom stereocenters. The molecule has 2 N–H and O–H groups in total. The van der Waals surface area contributed by atoms with E-state index in [0.29, 0.717) is 18.2 Å². The van der Waals surface area contributed by atoms with Crippen molar-refractivity contribution >= 4 is 11.0 Å². The quantitative estimate of drug-likeness (QED) is 0.711. The zero-order valence-electron chi connectivity index (χ0n) is 14.2. The Hall–Kier alpha value is -2.59. The molecule has 0 aliphatic heterocycles. The Morgan fingerprint density at radius 1 is 1.20 bits per heavy atom. The van der Waals surface area contributed by atoms with Crippen LogP contribution in [0.15, 0.2) is 51.7 Å². The van der Waals surface area contributed by atoms with E-state index in [2.05, 4.69) is 29.6 Å². The average molecular weight is 335 g/mol. The van der Waals surface area contributed by atoms with Crippen molar-refractivity contribution in [3.8, 4) is 5.75 Å². The van der Waals surface area contributed by atoms with Crippen LogP contribution in [0, 0.1) is 0 Å². The van der Waals surface area contributed by atoms with Gasteiger partial charge < -0.3 is 14.8 Å². The van der Waals surface area contributed by atoms with Crippen molar-refractivity contribution in [3.05, 3.63) is 75.1 Å². The van der Waals surface area contributed by atoms with Crippen LogP contribution in [0.1, 0.15) is 41.6 Å². The molecular weight excluding hydrogens is 314 g/mol. The predicted molar refractivity (Wildman–Crippen MR) is 97.9 cm³/mol. The second-order valence-corrected chi connectivity index (χ2v) is 6.59. The van der Waals surface area contributed by atoms with Gasteiger partial charge in [-0.2, -0.15) is 0 Å². The largest absolute Gasteiger partial charge is 0.508 e. The molecule has 128 valence electrons. The lowest BCUT2D eigenvalue weighted by atomic mass is 10.0. The topological polar surface area (TPSA) is 62.5 Å². The van der Waals surface area contributed by atoms with Crippen LogP contribution < -0.4 is 10.9 Å². The third-order valence-corrected chi connectivity index (χ3v) is 5.08. The minimum absolute atomic E-state index is 0.174. The summed E-state index contributed by atoms with van der Waals surface area (Å²) in [6.45, 7) is 2.59. The lowest BCUT2D eigenvalue weighted by Gasteiger charge is -2.15. The summed E-state index contributed by atoms with van der Waals surface area (Å²) in [6, 6.07) is 13.8. The number of hydrogen-bond acceptors (Lipinski definition) is 4. The molecule has 4 nitrogen and oxygen atoms in total. The van der Waals surface area contributed by atoms with E-state index in [9.17, 15) is 9.90 Å². The van der Waals surface area contributed by atoms with Crippen molar-refractivity contribution in [2.75, 3.05) is 0 Å². The van der Waals surface area contributed by atoms with E-state index in [0.717, 1.165) is 35.8 Å². The first-order valence-electron chi connectivity index (χ1n) is 8.75. The smallest absolute Gasteiger partial charge is 0.336 e. The zero-order valence-corrected chi connectivity index (χ0v) is 14.2. The molecule has 0 bridgehead atoms. The SMILES string of the molecule is CCc1cc2c(CN[C@@H]3CCc4ccccc43)cc(=O)oc2cc1O. The van der Waals surface area contributed by atoms with Gasteiger partial charge in [-0.1, -0.05) is 31.2 Å². The van der Waals surface area contributed by atoms with Gasteiger partial charge in [-0.25, -0.2) is 4.79 Å². The number of benzene rings is 2. The van der Waals surface area contributed by atoms with Crippen LogP contribution >= 0.6 is 0 Å². The van der Waals surface area contributed by atoms with E-state index in [1.54, 1.807) is 12.1 Å². The first kappa shape index (κ1) is 15.9. The van der Waals surface area contributed by atoms with E-state index in [1.807, 2.05) is 13.0 Å². The van der Waals surface area contributed by atoms with Crippen LogP contribution in [0.2, 0.25) is 0 Å². The van der Waals surface area contributed by atoms with Gasteiger partial charge in [0, 0.05) is 30.1 Å². The Morgan fingerprint density at radius 2 is 2.04 bits per heavy atom. The first-order valence-corrected chi connectivity index (χ1v) is 8.75. The molecule has 1 aliphatic carbocycles. The number of hydrogen-bond donors (Lipinski definition) is 2. The van der Waals surface area contributed by atoms with Gasteiger partial charge in [-0.15, -0.1) is 0 Å². The lowest BCUT2D eigenvalue weighted by molar-refractivity contribution is 0.466. The van der Waals surface area contributed by atoms with Crippen molar-refractivity contribution in [1.29, 1.82) is 0 Å². The van der Waals surface area contributed by atoms with Crippen LogP contribution in [-0.2, 0) is 19.4 Å². The van der Waals surface area contributed by atoms with Crippen molar-refractivity contribution in [3.63, 3.8) is 0 Å². The number of fused-ring (bicyclic) bond motifs is 2. The molecule has 1 aliphatic rings. The Balaban J connectivity index is 1.66. The summed E-state index contributed by atoms with van der Waals surface area (Å²) in [7, 11) is 0. The molecule has 25 heavy (non-hydrogen) atoms. The maximum atomic E-state index is 11.9. The number of nitrogens with one attached hydrogen (secondary N) is 1. The molecule has 3 aromatic rings. The van der Waals surface area contributed by atoms with Crippen molar-refractivity contribution in [2.24, 2.45) is 0 Å². The summed E-state index contributed by atoms with van der Waals surface area (Å²) in [5.41, 5.74) is 4.56. The summed E-state index contributed by atoms with van der Waals surface area (Å²) in [4.78, 5) is 11.9. The van der Waals surface area contributed by atoms with E-state index >= 15 is 0 Å². The Kier molecular flexibility index (Phi) is 4.06. The van der Waals surface area contributed by atoms with Crippen LogP contribution in [0.3, 0.4) is 0 Å². The van der Waals surface area contributed by atoms with E-state index < -0.39 is 0 Å². The van der Waals surface area contributed by atoms with Crippen LogP contribution in [0.4, 0.5) is 0 Å². The van der Waals surface area contributed by atoms with Crippen molar-refractivity contribution in [1.82, 2.24) is 5.32 Å². The highest BCUT2D eigenvalue weighted by atomic mass is 16.4. The zero-order chi connectivity index (χ0) is 17.4. The lowest BCUT2D eigenvalue weighted by Crippen LogP contribution is -2.19. The fraction of sp³-hybridized carbons (Fsp3) is 0.286. The fourth-order valence-electron chi connectivity index (χ4n) is 3.74. The summed E-state index contributed by atoms with van der Waals surface area (Å²) in [5, 5.41) is 14.5. The molecule has 4 heteroatoms. The van der Waals surface area contributed by atoms with Crippen LogP contribution in [-0.4, -0.2) is 5.11 Å². The maximum absolute atomic E-state index is 11.9. The second kappa shape index (κ2) is 6.37. The minimum Gasteiger partial charge on any atom is -0.508 e. The molecule has 0 fully saturated rings. The molecular formula is C21H21NO3. The van der Waals surface area contributed by atoms with Gasteiger partial charge in [-0.3, -0.25) is 0 Å². The maximum Gasteiger partial charge on any atom is 0.336 e.